The highest BCUT2D eigenvalue weighted by Gasteiger charge is 2.40. The van der Waals surface area contributed by atoms with E-state index < -0.39 is 18.2 Å². The summed E-state index contributed by atoms with van der Waals surface area (Å²) in [6.07, 6.45) is 0.367. The Morgan fingerprint density at radius 2 is 1.65 bits per heavy atom. The summed E-state index contributed by atoms with van der Waals surface area (Å²) in [6, 6.07) is 16.2. The molecule has 1 heterocycles. The number of rotatable bonds is 7. The fraction of sp³-hybridized carbons (Fsp3) is 0.423. The molecule has 2 aromatic carbocycles. The summed E-state index contributed by atoms with van der Waals surface area (Å²) in [5, 5.41) is 14.6. The van der Waals surface area contributed by atoms with Gasteiger partial charge in [-0.1, -0.05) is 48.5 Å². The van der Waals surface area contributed by atoms with Crippen LogP contribution in [0.3, 0.4) is 0 Å². The Kier molecular flexibility index (Phi) is 6.24. The number of hydrogen-bond acceptors (Lipinski definition) is 5. The van der Waals surface area contributed by atoms with E-state index >= 15 is 0 Å². The number of carboxylic acids is 1. The lowest BCUT2D eigenvalue weighted by Crippen LogP contribution is -2.51. The number of amides is 2. The first-order valence-corrected chi connectivity index (χ1v) is 11.7. The molecule has 0 aromatic heterocycles. The average Bonchev–Trinajstić information content (AvgIpc) is 3.41. The largest absolute Gasteiger partial charge is 0.481 e. The molecule has 0 bridgehead atoms. The zero-order valence-corrected chi connectivity index (χ0v) is 18.7. The van der Waals surface area contributed by atoms with Crippen LogP contribution in [-0.2, 0) is 19.1 Å². The Bertz CT molecular complexity index is 1050. The normalized spacial score (nSPS) is 25.1. The van der Waals surface area contributed by atoms with Gasteiger partial charge in [0.15, 0.2) is 0 Å². The van der Waals surface area contributed by atoms with Gasteiger partial charge in [-0.3, -0.25) is 9.59 Å². The third kappa shape index (κ3) is 4.37. The predicted octanol–water partition coefficient (Wildman–Crippen LogP) is 2.91. The van der Waals surface area contributed by atoms with Crippen LogP contribution >= 0.6 is 0 Å². The molecule has 0 radical (unpaired) electrons. The highest BCUT2D eigenvalue weighted by Crippen LogP contribution is 2.44. The van der Waals surface area contributed by atoms with Gasteiger partial charge < -0.3 is 25.2 Å². The molecule has 1 saturated carbocycles. The first-order chi connectivity index (χ1) is 16.5. The maximum Gasteiger partial charge on any atom is 0.407 e. The monoisotopic (exact) mass is 464 g/mol. The summed E-state index contributed by atoms with van der Waals surface area (Å²) >= 11 is 0. The number of fused-ring (bicyclic) bond motifs is 3. The van der Waals surface area contributed by atoms with E-state index in [-0.39, 0.29) is 42.9 Å². The molecule has 0 unspecified atom stereocenters. The molecule has 8 heteroatoms. The van der Waals surface area contributed by atoms with E-state index in [9.17, 15) is 14.4 Å². The van der Waals surface area contributed by atoms with Gasteiger partial charge >= 0.3 is 12.1 Å². The minimum Gasteiger partial charge on any atom is -0.481 e. The zero-order valence-electron chi connectivity index (χ0n) is 18.7. The van der Waals surface area contributed by atoms with Crippen molar-refractivity contribution < 1.29 is 29.0 Å². The summed E-state index contributed by atoms with van der Waals surface area (Å²) in [7, 11) is 0. The van der Waals surface area contributed by atoms with Crippen LogP contribution in [-0.4, -0.2) is 55.0 Å². The smallest absolute Gasteiger partial charge is 0.407 e. The van der Waals surface area contributed by atoms with Crippen LogP contribution < -0.4 is 10.6 Å². The van der Waals surface area contributed by atoms with Crippen LogP contribution in [0.15, 0.2) is 48.5 Å². The van der Waals surface area contributed by atoms with Crippen molar-refractivity contribution in [3.8, 4) is 11.1 Å². The fourth-order valence-corrected chi connectivity index (χ4v) is 5.22. The Morgan fingerprint density at radius 1 is 1.00 bits per heavy atom. The van der Waals surface area contributed by atoms with E-state index in [0.29, 0.717) is 25.9 Å². The lowest BCUT2D eigenvalue weighted by molar-refractivity contribution is -0.147. The van der Waals surface area contributed by atoms with Gasteiger partial charge in [0, 0.05) is 31.0 Å². The number of aliphatic carboxylic acids is 1. The van der Waals surface area contributed by atoms with Gasteiger partial charge in [0.05, 0.1) is 5.92 Å². The molecule has 3 N–H and O–H groups in total. The van der Waals surface area contributed by atoms with E-state index in [1.165, 1.54) is 11.1 Å². The van der Waals surface area contributed by atoms with Crippen molar-refractivity contribution in [3.63, 3.8) is 0 Å². The van der Waals surface area contributed by atoms with Crippen molar-refractivity contribution in [1.82, 2.24) is 10.6 Å². The van der Waals surface area contributed by atoms with E-state index in [1.807, 2.05) is 24.3 Å². The molecule has 3 aliphatic rings. The molecule has 178 valence electrons. The molecule has 2 aromatic rings. The van der Waals surface area contributed by atoms with Crippen molar-refractivity contribution in [1.29, 1.82) is 0 Å². The van der Waals surface area contributed by atoms with E-state index in [4.69, 9.17) is 14.6 Å². The summed E-state index contributed by atoms with van der Waals surface area (Å²) in [4.78, 5) is 36.0. The molecule has 1 aliphatic heterocycles. The van der Waals surface area contributed by atoms with E-state index in [2.05, 4.69) is 34.9 Å². The topological polar surface area (TPSA) is 114 Å². The van der Waals surface area contributed by atoms with Crippen LogP contribution in [0.2, 0.25) is 0 Å². The minimum atomic E-state index is -0.826. The second-order valence-electron chi connectivity index (χ2n) is 9.26. The van der Waals surface area contributed by atoms with Gasteiger partial charge in [-0.15, -0.1) is 0 Å². The van der Waals surface area contributed by atoms with Crippen LogP contribution in [0.4, 0.5) is 4.79 Å². The van der Waals surface area contributed by atoms with Crippen molar-refractivity contribution in [3.05, 3.63) is 59.7 Å². The molecule has 2 atom stereocenters. The third-order valence-corrected chi connectivity index (χ3v) is 7.16. The number of benzene rings is 2. The maximum absolute atomic E-state index is 12.6. The molecule has 2 fully saturated rings. The highest BCUT2D eigenvalue weighted by atomic mass is 16.5. The number of hydrogen-bond donors (Lipinski definition) is 3. The van der Waals surface area contributed by atoms with Crippen molar-refractivity contribution in [2.75, 3.05) is 19.8 Å². The SMILES string of the molecule is O=C(NC[C@@H]1CCO[C@@H]1C(=O)NC1CC(C(=O)O)C1)OCC1c2ccccc2-c2ccccc21. The zero-order chi connectivity index (χ0) is 23.7. The first-order valence-electron chi connectivity index (χ1n) is 11.7. The van der Waals surface area contributed by atoms with Gasteiger partial charge in [0.1, 0.15) is 12.7 Å². The molecule has 2 aliphatic carbocycles. The summed E-state index contributed by atoms with van der Waals surface area (Å²) in [5.74, 6) is -1.63. The van der Waals surface area contributed by atoms with Crippen LogP contribution in [0, 0.1) is 11.8 Å². The third-order valence-electron chi connectivity index (χ3n) is 7.16. The number of alkyl carbamates (subject to hydrolysis) is 1. The summed E-state index contributed by atoms with van der Waals surface area (Å²) < 4.78 is 11.2. The fourth-order valence-electron chi connectivity index (χ4n) is 5.22. The molecule has 8 nitrogen and oxygen atoms in total. The quantitative estimate of drug-likeness (QED) is 0.581. The Hall–Kier alpha value is -3.39. The Balaban J connectivity index is 1.11. The molecule has 2 amide bonds. The van der Waals surface area contributed by atoms with Crippen molar-refractivity contribution in [2.45, 2.75) is 37.3 Å². The van der Waals surface area contributed by atoms with Crippen LogP contribution in [0.5, 0.6) is 0 Å². The Morgan fingerprint density at radius 3 is 2.29 bits per heavy atom. The molecular weight excluding hydrogens is 436 g/mol. The Labute approximate surface area is 197 Å². The van der Waals surface area contributed by atoms with Crippen molar-refractivity contribution in [2.24, 2.45) is 11.8 Å². The van der Waals surface area contributed by atoms with Gasteiger partial charge in [-0.25, -0.2) is 4.79 Å². The maximum atomic E-state index is 12.6. The van der Waals surface area contributed by atoms with E-state index in [0.717, 1.165) is 11.1 Å². The molecule has 5 rings (SSSR count). The van der Waals surface area contributed by atoms with Crippen LogP contribution in [0.1, 0.15) is 36.3 Å². The lowest BCUT2D eigenvalue weighted by atomic mass is 9.80. The first kappa shape index (κ1) is 22.4. The van der Waals surface area contributed by atoms with Crippen molar-refractivity contribution >= 4 is 18.0 Å². The summed E-state index contributed by atoms with van der Waals surface area (Å²) in [6.45, 7) is 0.950. The highest BCUT2D eigenvalue weighted by molar-refractivity contribution is 5.82. The van der Waals surface area contributed by atoms with Gasteiger partial charge in [0.25, 0.3) is 0 Å². The number of carbonyl (C=O) groups excluding carboxylic acids is 2. The number of ether oxygens (including phenoxy) is 2. The van der Waals surface area contributed by atoms with Gasteiger partial charge in [-0.05, 0) is 41.5 Å². The second-order valence-corrected chi connectivity index (χ2v) is 9.26. The minimum absolute atomic E-state index is 0.0106. The number of carbonyl (C=O) groups is 3. The standard InChI is InChI=1S/C26H28N2O6/c29-24(28-17-11-16(12-17)25(30)31)23-15(9-10-33-23)13-27-26(32)34-14-22-20-7-3-1-5-18(20)19-6-2-4-8-21(19)22/h1-8,15-17,22-23H,9-14H2,(H,27,32)(H,28,29)(H,30,31)/t15-,16?,17?,23-/m0/s1. The average molecular weight is 465 g/mol. The summed E-state index contributed by atoms with van der Waals surface area (Å²) in [5.41, 5.74) is 4.65. The lowest BCUT2D eigenvalue weighted by Gasteiger charge is -2.34. The van der Waals surface area contributed by atoms with Crippen LogP contribution in [0.25, 0.3) is 11.1 Å². The van der Waals surface area contributed by atoms with Gasteiger partial charge in [0.2, 0.25) is 5.91 Å². The second kappa shape index (κ2) is 9.46. The molecule has 34 heavy (non-hydrogen) atoms. The molecule has 0 spiro atoms. The predicted molar refractivity (Wildman–Crippen MR) is 123 cm³/mol. The number of nitrogens with one attached hydrogen (secondary N) is 2. The van der Waals surface area contributed by atoms with E-state index in [1.54, 1.807) is 0 Å². The number of carboxylic acid groups (broad SMARTS) is 1. The van der Waals surface area contributed by atoms with Gasteiger partial charge in [-0.2, -0.15) is 0 Å². The molecule has 1 saturated heterocycles. The molecular formula is C26H28N2O6.